The number of thiazole rings is 1. The molecule has 0 atom stereocenters. The van der Waals surface area contributed by atoms with Crippen LogP contribution in [0.25, 0.3) is 21.9 Å². The van der Waals surface area contributed by atoms with Gasteiger partial charge in [0.15, 0.2) is 0 Å². The van der Waals surface area contributed by atoms with Crippen molar-refractivity contribution in [3.8, 4) is 0 Å². The number of para-hydroxylation sites is 1. The van der Waals surface area contributed by atoms with E-state index in [1.54, 1.807) is 0 Å². The van der Waals surface area contributed by atoms with Crippen LogP contribution in [0, 0.1) is 6.92 Å². The van der Waals surface area contributed by atoms with Gasteiger partial charge in [0, 0.05) is 18.8 Å². The molecule has 0 aliphatic carbocycles. The van der Waals surface area contributed by atoms with Crippen LogP contribution in [0.2, 0.25) is 0 Å². The third-order valence-corrected chi connectivity index (χ3v) is 5.72. The Hall–Kier alpha value is -2.70. The molecular formula is C22H24N2O3S. The van der Waals surface area contributed by atoms with Gasteiger partial charge in [-0.25, -0.2) is 4.98 Å². The number of anilines is 1. The summed E-state index contributed by atoms with van der Waals surface area (Å²) in [5.41, 5.74) is 4.66. The zero-order valence-electron chi connectivity index (χ0n) is 16.1. The van der Waals surface area contributed by atoms with Gasteiger partial charge < -0.3 is 15.1 Å². The van der Waals surface area contributed by atoms with E-state index in [1.807, 2.05) is 49.4 Å². The molecule has 0 amide bonds. The highest BCUT2D eigenvalue weighted by atomic mass is 32.1. The Bertz CT molecular complexity index is 977. The molecule has 2 N–H and O–H groups in total. The number of nitrogens with zero attached hydrogens (tertiary/aromatic N) is 2. The van der Waals surface area contributed by atoms with Crippen molar-refractivity contribution in [2.24, 2.45) is 0 Å². The van der Waals surface area contributed by atoms with Crippen LogP contribution in [-0.4, -0.2) is 40.9 Å². The molecule has 6 heteroatoms. The standard InChI is InChI=1S/C22H24N2O3S/c1-3-24(10-11-25)18-9-8-16(15(2)12-18)13-17(14-21(26)27)22-23-19-6-4-5-7-20(19)28-22/h4-9,12-13,25H,3,10-11,14H2,1-2H3,(H,26,27)/b17-13+. The topological polar surface area (TPSA) is 73.7 Å². The van der Waals surface area contributed by atoms with E-state index in [1.165, 1.54) is 11.3 Å². The summed E-state index contributed by atoms with van der Waals surface area (Å²) >= 11 is 1.51. The lowest BCUT2D eigenvalue weighted by Gasteiger charge is -2.22. The number of hydrogen-bond acceptors (Lipinski definition) is 5. The summed E-state index contributed by atoms with van der Waals surface area (Å²) in [6, 6.07) is 13.9. The Balaban J connectivity index is 1.99. The SMILES string of the molecule is CCN(CCO)c1ccc(/C=C(\CC(=O)O)c2nc3ccccc3s2)c(C)c1. The summed E-state index contributed by atoms with van der Waals surface area (Å²) in [5.74, 6) is -0.875. The van der Waals surface area contributed by atoms with Gasteiger partial charge in [-0.1, -0.05) is 18.2 Å². The van der Waals surface area contributed by atoms with Gasteiger partial charge in [0.2, 0.25) is 0 Å². The lowest BCUT2D eigenvalue weighted by atomic mass is 10.0. The maximum absolute atomic E-state index is 11.4. The maximum atomic E-state index is 11.4. The highest BCUT2D eigenvalue weighted by Crippen LogP contribution is 2.31. The largest absolute Gasteiger partial charge is 0.481 e. The summed E-state index contributed by atoms with van der Waals surface area (Å²) < 4.78 is 1.04. The molecule has 3 rings (SSSR count). The zero-order valence-corrected chi connectivity index (χ0v) is 16.9. The van der Waals surface area contributed by atoms with E-state index in [9.17, 15) is 15.0 Å². The number of hydrogen-bond donors (Lipinski definition) is 2. The molecule has 28 heavy (non-hydrogen) atoms. The van der Waals surface area contributed by atoms with Crippen LogP contribution in [0.15, 0.2) is 42.5 Å². The number of aromatic nitrogens is 1. The number of rotatable bonds is 8. The van der Waals surface area contributed by atoms with Gasteiger partial charge in [0.25, 0.3) is 0 Å². The van der Waals surface area contributed by atoms with Crippen molar-refractivity contribution in [3.05, 3.63) is 58.6 Å². The van der Waals surface area contributed by atoms with Crippen LogP contribution < -0.4 is 4.90 Å². The Morgan fingerprint density at radius 2 is 2.04 bits per heavy atom. The van der Waals surface area contributed by atoms with Crippen LogP contribution in [-0.2, 0) is 4.79 Å². The van der Waals surface area contributed by atoms with Gasteiger partial charge in [-0.2, -0.15) is 0 Å². The predicted octanol–water partition coefficient (Wildman–Crippen LogP) is 4.44. The van der Waals surface area contributed by atoms with Crippen LogP contribution in [0.5, 0.6) is 0 Å². The minimum absolute atomic E-state index is 0.0768. The van der Waals surface area contributed by atoms with Crippen LogP contribution in [0.1, 0.15) is 29.5 Å². The fourth-order valence-corrected chi connectivity index (χ4v) is 4.14. The van der Waals surface area contributed by atoms with Gasteiger partial charge in [-0.05, 0) is 60.9 Å². The zero-order chi connectivity index (χ0) is 20.1. The predicted molar refractivity (Wildman–Crippen MR) is 116 cm³/mol. The Labute approximate surface area is 168 Å². The number of aliphatic hydroxyl groups excluding tert-OH is 1. The third-order valence-electron chi connectivity index (χ3n) is 4.61. The number of aliphatic hydroxyl groups is 1. The van der Waals surface area contributed by atoms with Crippen LogP contribution in [0.3, 0.4) is 0 Å². The van der Waals surface area contributed by atoms with Crippen LogP contribution in [0.4, 0.5) is 5.69 Å². The highest BCUT2D eigenvalue weighted by Gasteiger charge is 2.14. The summed E-state index contributed by atoms with van der Waals surface area (Å²) in [6.07, 6.45) is 1.85. The van der Waals surface area contributed by atoms with E-state index in [-0.39, 0.29) is 13.0 Å². The van der Waals surface area contributed by atoms with E-state index in [0.29, 0.717) is 12.1 Å². The molecule has 146 valence electrons. The second-order valence-corrected chi connectivity index (χ2v) is 7.60. The van der Waals surface area contributed by atoms with Crippen molar-refractivity contribution >= 4 is 44.9 Å². The molecule has 3 aromatic rings. The number of benzene rings is 2. The normalized spacial score (nSPS) is 11.8. The number of carboxylic acid groups (broad SMARTS) is 1. The molecule has 0 spiro atoms. The number of aliphatic carboxylic acids is 1. The lowest BCUT2D eigenvalue weighted by molar-refractivity contribution is -0.135. The van der Waals surface area contributed by atoms with Gasteiger partial charge in [0.1, 0.15) is 5.01 Å². The first-order chi connectivity index (χ1) is 13.5. The molecule has 0 saturated heterocycles. The Morgan fingerprint density at radius 1 is 1.25 bits per heavy atom. The second kappa shape index (κ2) is 8.99. The summed E-state index contributed by atoms with van der Waals surface area (Å²) in [7, 11) is 0. The number of likely N-dealkylation sites (N-methyl/N-ethyl adjacent to an activating group) is 1. The summed E-state index contributed by atoms with van der Waals surface area (Å²) in [5, 5.41) is 19.3. The van der Waals surface area contributed by atoms with Crippen molar-refractivity contribution in [1.29, 1.82) is 0 Å². The summed E-state index contributed by atoms with van der Waals surface area (Å²) in [6.45, 7) is 5.57. The van der Waals surface area contributed by atoms with E-state index < -0.39 is 5.97 Å². The maximum Gasteiger partial charge on any atom is 0.307 e. The monoisotopic (exact) mass is 396 g/mol. The van der Waals surface area contributed by atoms with Crippen LogP contribution >= 0.6 is 11.3 Å². The molecule has 1 aromatic heterocycles. The minimum Gasteiger partial charge on any atom is -0.481 e. The van der Waals surface area contributed by atoms with E-state index in [4.69, 9.17) is 0 Å². The third kappa shape index (κ3) is 4.58. The fourth-order valence-electron chi connectivity index (χ4n) is 3.16. The molecular weight excluding hydrogens is 372 g/mol. The molecule has 0 unspecified atom stereocenters. The molecule has 5 nitrogen and oxygen atoms in total. The second-order valence-electron chi connectivity index (χ2n) is 6.57. The van der Waals surface area contributed by atoms with E-state index >= 15 is 0 Å². The van der Waals surface area contributed by atoms with E-state index in [0.717, 1.165) is 38.6 Å². The van der Waals surface area contributed by atoms with Crippen molar-refractivity contribution in [2.75, 3.05) is 24.6 Å². The van der Waals surface area contributed by atoms with Gasteiger partial charge in [-0.15, -0.1) is 11.3 Å². The minimum atomic E-state index is -0.875. The molecule has 0 aliphatic heterocycles. The van der Waals surface area contributed by atoms with Gasteiger partial charge in [-0.3, -0.25) is 4.79 Å². The van der Waals surface area contributed by atoms with Gasteiger partial charge in [0.05, 0.1) is 23.2 Å². The fraction of sp³-hybridized carbons (Fsp3) is 0.273. The molecule has 2 aromatic carbocycles. The first kappa shape index (κ1) is 20.0. The van der Waals surface area contributed by atoms with E-state index in [2.05, 4.69) is 22.9 Å². The van der Waals surface area contributed by atoms with Gasteiger partial charge >= 0.3 is 5.97 Å². The molecule has 0 fully saturated rings. The Kier molecular flexibility index (Phi) is 6.44. The first-order valence-electron chi connectivity index (χ1n) is 9.26. The molecule has 0 bridgehead atoms. The Morgan fingerprint density at radius 3 is 2.68 bits per heavy atom. The number of carboxylic acids is 1. The van der Waals surface area contributed by atoms with Crippen molar-refractivity contribution in [3.63, 3.8) is 0 Å². The number of carbonyl (C=O) groups is 1. The van der Waals surface area contributed by atoms with Crippen molar-refractivity contribution in [1.82, 2.24) is 4.98 Å². The van der Waals surface area contributed by atoms with Crippen molar-refractivity contribution < 1.29 is 15.0 Å². The molecule has 0 saturated carbocycles. The smallest absolute Gasteiger partial charge is 0.307 e. The van der Waals surface area contributed by atoms with Crippen molar-refractivity contribution in [2.45, 2.75) is 20.3 Å². The average Bonchev–Trinajstić information content (AvgIpc) is 3.11. The molecule has 0 radical (unpaired) electrons. The molecule has 0 aliphatic rings. The highest BCUT2D eigenvalue weighted by molar-refractivity contribution is 7.19. The molecule has 1 heterocycles. The summed E-state index contributed by atoms with van der Waals surface area (Å²) in [4.78, 5) is 18.2. The number of aryl methyl sites for hydroxylation is 1. The quantitative estimate of drug-likeness (QED) is 0.589. The lowest BCUT2D eigenvalue weighted by Crippen LogP contribution is -2.26. The first-order valence-corrected chi connectivity index (χ1v) is 10.1. The number of fused-ring (bicyclic) bond motifs is 1. The average molecular weight is 397 g/mol.